The minimum absolute atomic E-state index is 0.407. The molecule has 1 N–H and O–H groups in total. The maximum Gasteiger partial charge on any atom is 0.243 e. The summed E-state index contributed by atoms with van der Waals surface area (Å²) < 4.78 is 28.1. The molecule has 3 aromatic rings. The molecule has 162 valence electrons. The van der Waals surface area contributed by atoms with E-state index in [2.05, 4.69) is 25.4 Å². The summed E-state index contributed by atoms with van der Waals surface area (Å²) in [6.45, 7) is 7.64. The summed E-state index contributed by atoms with van der Waals surface area (Å²) in [7, 11) is -3.53. The molecule has 0 unspecified atom stereocenters. The van der Waals surface area contributed by atoms with Crippen LogP contribution in [0.3, 0.4) is 0 Å². The average molecular weight is 439 g/mol. The van der Waals surface area contributed by atoms with Crippen molar-refractivity contribution in [2.24, 2.45) is 0 Å². The fourth-order valence-corrected chi connectivity index (χ4v) is 5.82. The number of pyridine rings is 1. The number of piperazine rings is 1. The van der Waals surface area contributed by atoms with E-state index in [1.165, 1.54) is 0 Å². The lowest BCUT2D eigenvalue weighted by Gasteiger charge is -2.35. The van der Waals surface area contributed by atoms with Gasteiger partial charge >= 0.3 is 0 Å². The summed E-state index contributed by atoms with van der Waals surface area (Å²) >= 11 is 0. The molecular formula is C22H26N6O2S. The molecule has 3 heterocycles. The van der Waals surface area contributed by atoms with Crippen LogP contribution in [-0.4, -0.2) is 54.1 Å². The van der Waals surface area contributed by atoms with Gasteiger partial charge in [-0.25, -0.2) is 13.4 Å². The average Bonchev–Trinajstić information content (AvgIpc) is 2.74. The van der Waals surface area contributed by atoms with Gasteiger partial charge in [-0.05, 0) is 56.2 Å². The lowest BCUT2D eigenvalue weighted by molar-refractivity contribution is 0.383. The second-order valence-corrected chi connectivity index (χ2v) is 9.61. The van der Waals surface area contributed by atoms with Gasteiger partial charge in [-0.3, -0.25) is 0 Å². The van der Waals surface area contributed by atoms with Crippen molar-refractivity contribution in [2.75, 3.05) is 36.4 Å². The number of benzene rings is 1. The first-order valence-electron chi connectivity index (χ1n) is 10.2. The molecule has 9 heteroatoms. The van der Waals surface area contributed by atoms with Crippen molar-refractivity contribution in [3.8, 4) is 0 Å². The molecule has 0 aliphatic carbocycles. The van der Waals surface area contributed by atoms with E-state index in [0.29, 0.717) is 42.7 Å². The normalized spacial score (nSPS) is 15.1. The van der Waals surface area contributed by atoms with Crippen molar-refractivity contribution in [3.05, 3.63) is 65.4 Å². The molecule has 8 nitrogen and oxygen atoms in total. The van der Waals surface area contributed by atoms with Crippen molar-refractivity contribution in [1.82, 2.24) is 19.5 Å². The summed E-state index contributed by atoms with van der Waals surface area (Å²) in [6.07, 6.45) is 1.71. The van der Waals surface area contributed by atoms with Crippen molar-refractivity contribution < 1.29 is 8.42 Å². The Morgan fingerprint density at radius 2 is 1.58 bits per heavy atom. The van der Waals surface area contributed by atoms with Crippen molar-refractivity contribution in [2.45, 2.75) is 25.7 Å². The van der Waals surface area contributed by atoms with Crippen LogP contribution >= 0.6 is 0 Å². The zero-order valence-electron chi connectivity index (χ0n) is 17.9. The molecule has 0 amide bonds. The first-order valence-corrected chi connectivity index (χ1v) is 11.6. The molecule has 4 rings (SSSR count). The van der Waals surface area contributed by atoms with Crippen molar-refractivity contribution >= 4 is 27.5 Å². The van der Waals surface area contributed by atoms with E-state index < -0.39 is 10.0 Å². The molecule has 1 aliphatic heterocycles. The van der Waals surface area contributed by atoms with Crippen molar-refractivity contribution in [3.63, 3.8) is 0 Å². The standard InChI is InChI=1S/C22H26N6O2S/c1-16-14-17(2)22(18(3)15-16)31(29,30)28-12-10-27(11-13-28)21-8-7-20(25-26-21)24-19-6-4-5-9-23-19/h4-9,14-15H,10-13H2,1-3H3,(H,23,24,25). The minimum atomic E-state index is -3.53. The van der Waals surface area contributed by atoms with Crippen molar-refractivity contribution in [1.29, 1.82) is 0 Å². The Morgan fingerprint density at radius 1 is 0.871 bits per heavy atom. The highest BCUT2D eigenvalue weighted by molar-refractivity contribution is 7.89. The van der Waals surface area contributed by atoms with Crippen LogP contribution in [0.5, 0.6) is 0 Å². The predicted octanol–water partition coefficient (Wildman–Crippen LogP) is 3.05. The Bertz CT molecular complexity index is 1140. The fraction of sp³-hybridized carbons (Fsp3) is 0.318. The number of aryl methyl sites for hydroxylation is 3. The highest BCUT2D eigenvalue weighted by Gasteiger charge is 2.31. The Kier molecular flexibility index (Phi) is 5.88. The van der Waals surface area contributed by atoms with Gasteiger partial charge in [0.25, 0.3) is 0 Å². The van der Waals surface area contributed by atoms with E-state index in [9.17, 15) is 8.42 Å². The van der Waals surface area contributed by atoms with Crippen LogP contribution in [0.1, 0.15) is 16.7 Å². The number of nitrogens with one attached hydrogen (secondary N) is 1. The largest absolute Gasteiger partial charge is 0.352 e. The number of hydrogen-bond donors (Lipinski definition) is 1. The molecular weight excluding hydrogens is 412 g/mol. The Morgan fingerprint density at radius 3 is 2.16 bits per heavy atom. The van der Waals surface area contributed by atoms with Crippen LogP contribution in [0.25, 0.3) is 0 Å². The zero-order chi connectivity index (χ0) is 22.0. The first kappa shape index (κ1) is 21.2. The van der Waals surface area contributed by atoms with E-state index in [4.69, 9.17) is 0 Å². The highest BCUT2D eigenvalue weighted by atomic mass is 32.2. The maximum atomic E-state index is 13.3. The summed E-state index contributed by atoms with van der Waals surface area (Å²) in [5, 5.41) is 11.6. The minimum Gasteiger partial charge on any atom is -0.352 e. The molecule has 0 atom stereocenters. The number of sulfonamides is 1. The molecule has 31 heavy (non-hydrogen) atoms. The summed E-state index contributed by atoms with van der Waals surface area (Å²) in [5.41, 5.74) is 2.65. The molecule has 1 saturated heterocycles. The Hall–Kier alpha value is -3.04. The summed E-state index contributed by atoms with van der Waals surface area (Å²) in [6, 6.07) is 13.2. The zero-order valence-corrected chi connectivity index (χ0v) is 18.7. The number of nitrogens with zero attached hydrogens (tertiary/aromatic N) is 5. The molecule has 0 radical (unpaired) electrons. The number of aromatic nitrogens is 3. The van der Waals surface area contributed by atoms with Crippen LogP contribution in [-0.2, 0) is 10.0 Å². The highest BCUT2D eigenvalue weighted by Crippen LogP contribution is 2.26. The van der Waals surface area contributed by atoms with E-state index in [0.717, 1.165) is 22.5 Å². The van der Waals surface area contributed by atoms with Gasteiger partial charge in [-0.15, -0.1) is 10.2 Å². The molecule has 1 aliphatic rings. The van der Waals surface area contributed by atoms with E-state index in [1.807, 2.05) is 63.2 Å². The van der Waals surface area contributed by atoms with Gasteiger partial charge in [-0.1, -0.05) is 23.8 Å². The fourth-order valence-electron chi connectivity index (χ4n) is 3.99. The quantitative estimate of drug-likeness (QED) is 0.655. The van der Waals surface area contributed by atoms with Gasteiger partial charge in [0.2, 0.25) is 10.0 Å². The second-order valence-electron chi connectivity index (χ2n) is 7.74. The lowest BCUT2D eigenvalue weighted by atomic mass is 10.1. The van der Waals surface area contributed by atoms with Gasteiger partial charge in [0, 0.05) is 32.4 Å². The molecule has 0 saturated carbocycles. The first-order chi connectivity index (χ1) is 14.8. The molecule has 0 spiro atoms. The van der Waals surface area contributed by atoms with E-state index in [1.54, 1.807) is 10.5 Å². The lowest BCUT2D eigenvalue weighted by Crippen LogP contribution is -2.49. The van der Waals surface area contributed by atoms with Crippen LogP contribution in [0.2, 0.25) is 0 Å². The maximum absolute atomic E-state index is 13.3. The number of rotatable bonds is 5. The van der Waals surface area contributed by atoms with E-state index in [-0.39, 0.29) is 0 Å². The SMILES string of the molecule is Cc1cc(C)c(S(=O)(=O)N2CCN(c3ccc(Nc4ccccn4)nn3)CC2)c(C)c1. The second kappa shape index (κ2) is 8.60. The van der Waals surface area contributed by atoms with Crippen LogP contribution in [0.4, 0.5) is 17.5 Å². The Balaban J connectivity index is 1.43. The van der Waals surface area contributed by atoms with Gasteiger partial charge in [0.05, 0.1) is 4.90 Å². The third kappa shape index (κ3) is 4.52. The molecule has 1 fully saturated rings. The predicted molar refractivity (Wildman–Crippen MR) is 121 cm³/mol. The summed E-state index contributed by atoms with van der Waals surface area (Å²) in [5.74, 6) is 2.03. The third-order valence-corrected chi connectivity index (χ3v) is 7.54. The molecule has 2 aromatic heterocycles. The van der Waals surface area contributed by atoms with Crippen LogP contribution < -0.4 is 10.2 Å². The Labute approximate surface area is 183 Å². The van der Waals surface area contributed by atoms with E-state index >= 15 is 0 Å². The van der Waals surface area contributed by atoms with Gasteiger partial charge in [-0.2, -0.15) is 4.31 Å². The summed E-state index contributed by atoms with van der Waals surface area (Å²) in [4.78, 5) is 6.69. The third-order valence-electron chi connectivity index (χ3n) is 5.34. The van der Waals surface area contributed by atoms with Gasteiger partial charge < -0.3 is 10.2 Å². The topological polar surface area (TPSA) is 91.3 Å². The van der Waals surface area contributed by atoms with Gasteiger partial charge in [0.1, 0.15) is 5.82 Å². The monoisotopic (exact) mass is 438 g/mol. The molecule has 0 bridgehead atoms. The smallest absolute Gasteiger partial charge is 0.243 e. The van der Waals surface area contributed by atoms with Crippen LogP contribution in [0.15, 0.2) is 53.6 Å². The number of hydrogen-bond acceptors (Lipinski definition) is 7. The molecule has 1 aromatic carbocycles. The van der Waals surface area contributed by atoms with Crippen LogP contribution in [0, 0.1) is 20.8 Å². The van der Waals surface area contributed by atoms with Gasteiger partial charge in [0.15, 0.2) is 11.6 Å². The number of anilines is 3.